The van der Waals surface area contributed by atoms with E-state index in [1.165, 1.54) is 32.1 Å². The molecule has 8 nitrogen and oxygen atoms in total. The first-order chi connectivity index (χ1) is 21.5. The van der Waals surface area contributed by atoms with Gasteiger partial charge in [0.1, 0.15) is 23.0 Å². The van der Waals surface area contributed by atoms with Gasteiger partial charge < -0.3 is 23.7 Å². The number of carbonyl (C=O) groups excluding carboxylic acids is 3. The van der Waals surface area contributed by atoms with Crippen LogP contribution in [0, 0.1) is 5.92 Å². The molecule has 2 aliphatic heterocycles. The van der Waals surface area contributed by atoms with Crippen molar-refractivity contribution >= 4 is 29.1 Å². The minimum atomic E-state index is -0.501. The standard InChI is InChI=1S/C36H36O8/c1-2-18-40-26-14-10-24(11-15-26)33-28-20-31-29(21-30(28)43-35(33)38)34(36(39)44-31)25-12-16-27(17-13-25)42-22-32(37)41-19-6-9-23-7-4-3-5-8-23/h10-17,20-21,23H,2-9,18-19,22H2,1H3. The largest absolute Gasteiger partial charge is 0.494 e. The highest BCUT2D eigenvalue weighted by Gasteiger charge is 2.30. The molecule has 0 unspecified atom stereocenters. The molecule has 0 atom stereocenters. The van der Waals surface area contributed by atoms with E-state index in [9.17, 15) is 14.4 Å². The van der Waals surface area contributed by atoms with Crippen LogP contribution in [0.4, 0.5) is 0 Å². The van der Waals surface area contributed by atoms with Crippen LogP contribution in [0.3, 0.4) is 0 Å². The fraction of sp³-hybridized carbons (Fsp3) is 0.361. The maximum absolute atomic E-state index is 12.9. The highest BCUT2D eigenvalue weighted by Crippen LogP contribution is 2.29. The summed E-state index contributed by atoms with van der Waals surface area (Å²) in [7, 11) is 0. The van der Waals surface area contributed by atoms with Crippen molar-refractivity contribution in [1.29, 1.82) is 0 Å². The van der Waals surface area contributed by atoms with Crippen molar-refractivity contribution in [3.8, 4) is 23.0 Å². The summed E-state index contributed by atoms with van der Waals surface area (Å²) in [5.41, 5.74) is 2.06. The van der Waals surface area contributed by atoms with Crippen LogP contribution in [0.2, 0.25) is 0 Å². The third kappa shape index (κ3) is 6.49. The molecule has 8 heteroatoms. The van der Waals surface area contributed by atoms with E-state index in [-0.39, 0.29) is 6.61 Å². The highest BCUT2D eigenvalue weighted by molar-refractivity contribution is 6.21. The molecule has 1 aliphatic carbocycles. The minimum absolute atomic E-state index is 0.185. The van der Waals surface area contributed by atoms with Crippen molar-refractivity contribution in [2.75, 3.05) is 19.8 Å². The lowest BCUT2D eigenvalue weighted by molar-refractivity contribution is -0.146. The normalized spacial score (nSPS) is 15.8. The van der Waals surface area contributed by atoms with E-state index in [0.717, 1.165) is 30.9 Å². The lowest BCUT2D eigenvalue weighted by Gasteiger charge is -2.21. The van der Waals surface area contributed by atoms with Gasteiger partial charge in [0.05, 0.1) is 24.4 Å². The topological polar surface area (TPSA) is 97.4 Å². The lowest BCUT2D eigenvalue weighted by Crippen LogP contribution is -2.16. The third-order valence-electron chi connectivity index (χ3n) is 8.29. The number of hydrogen-bond acceptors (Lipinski definition) is 8. The number of ether oxygens (including phenoxy) is 5. The van der Waals surface area contributed by atoms with Gasteiger partial charge in [-0.2, -0.15) is 0 Å². The van der Waals surface area contributed by atoms with E-state index in [1.54, 1.807) is 36.4 Å². The van der Waals surface area contributed by atoms with Gasteiger partial charge in [-0.05, 0) is 72.7 Å². The molecule has 6 rings (SSSR count). The van der Waals surface area contributed by atoms with Crippen LogP contribution in [0.15, 0.2) is 60.7 Å². The first-order valence-corrected chi connectivity index (χ1v) is 15.5. The molecule has 3 aromatic carbocycles. The first kappa shape index (κ1) is 29.5. The summed E-state index contributed by atoms with van der Waals surface area (Å²) in [5.74, 6) is 1.31. The molecule has 0 radical (unpaired) electrons. The highest BCUT2D eigenvalue weighted by atomic mass is 16.6. The Hall–Kier alpha value is -4.59. The first-order valence-electron chi connectivity index (χ1n) is 15.5. The number of rotatable bonds is 12. The van der Waals surface area contributed by atoms with Gasteiger partial charge in [0.15, 0.2) is 6.61 Å². The average Bonchev–Trinajstić information content (AvgIpc) is 3.54. The van der Waals surface area contributed by atoms with Crippen molar-refractivity contribution < 1.29 is 38.1 Å². The van der Waals surface area contributed by atoms with E-state index in [4.69, 9.17) is 23.7 Å². The van der Waals surface area contributed by atoms with Gasteiger partial charge in [-0.25, -0.2) is 14.4 Å². The molecule has 44 heavy (non-hydrogen) atoms. The Bertz CT molecular complexity index is 1660. The Morgan fingerprint density at radius 1 is 0.750 bits per heavy atom. The summed E-state index contributed by atoms with van der Waals surface area (Å²) in [6.45, 7) is 2.88. The Morgan fingerprint density at radius 2 is 1.30 bits per heavy atom. The molecular weight excluding hydrogens is 560 g/mol. The van der Waals surface area contributed by atoms with E-state index >= 15 is 0 Å². The number of fused-ring (bicyclic) bond motifs is 2. The number of hydrogen-bond donors (Lipinski definition) is 0. The SMILES string of the molecule is CCCOc1ccc(C2=c3cc4c(cc3OC2=O)=C(c2ccc(OCC(=O)OCCCC3CCCCC3)cc2)C(=O)O4)cc1. The minimum Gasteiger partial charge on any atom is -0.494 e. The van der Waals surface area contributed by atoms with Gasteiger partial charge in [0.25, 0.3) is 0 Å². The van der Waals surface area contributed by atoms with Crippen molar-refractivity contribution in [2.45, 2.75) is 58.3 Å². The predicted octanol–water partition coefficient (Wildman–Crippen LogP) is 4.99. The van der Waals surface area contributed by atoms with E-state index < -0.39 is 17.9 Å². The molecule has 0 amide bonds. The molecule has 3 aromatic rings. The second kappa shape index (κ2) is 13.4. The summed E-state index contributed by atoms with van der Waals surface area (Å²) in [6, 6.07) is 17.5. The van der Waals surface area contributed by atoms with Gasteiger partial charge in [-0.1, -0.05) is 63.3 Å². The Morgan fingerprint density at radius 3 is 1.84 bits per heavy atom. The molecular formula is C36H36O8. The van der Waals surface area contributed by atoms with E-state index in [2.05, 4.69) is 0 Å². The van der Waals surface area contributed by atoms with Crippen molar-refractivity contribution in [3.05, 3.63) is 82.2 Å². The molecule has 0 spiro atoms. The molecule has 1 saturated carbocycles. The summed E-state index contributed by atoms with van der Waals surface area (Å²) in [5, 5.41) is 1.10. The van der Waals surface area contributed by atoms with Gasteiger partial charge in [-0.3, -0.25) is 0 Å². The van der Waals surface area contributed by atoms with Crippen LogP contribution in [0.25, 0.3) is 11.1 Å². The van der Waals surface area contributed by atoms with Crippen LogP contribution in [0.1, 0.15) is 69.4 Å². The smallest absolute Gasteiger partial charge is 0.344 e. The monoisotopic (exact) mass is 596 g/mol. The van der Waals surface area contributed by atoms with Crippen molar-refractivity contribution in [3.63, 3.8) is 0 Å². The zero-order chi connectivity index (χ0) is 30.5. The Labute approximate surface area is 256 Å². The Balaban J connectivity index is 1.13. The second-order valence-corrected chi connectivity index (χ2v) is 11.4. The molecule has 0 saturated heterocycles. The molecule has 0 N–H and O–H groups in total. The average molecular weight is 597 g/mol. The van der Waals surface area contributed by atoms with Crippen LogP contribution in [-0.4, -0.2) is 37.7 Å². The molecule has 2 heterocycles. The predicted molar refractivity (Wildman–Crippen MR) is 163 cm³/mol. The lowest BCUT2D eigenvalue weighted by atomic mass is 9.86. The van der Waals surface area contributed by atoms with E-state index in [0.29, 0.717) is 63.2 Å². The zero-order valence-electron chi connectivity index (χ0n) is 24.9. The van der Waals surface area contributed by atoms with E-state index in [1.807, 2.05) is 31.2 Å². The fourth-order valence-electron chi connectivity index (χ4n) is 6.06. The quantitative estimate of drug-likeness (QED) is 0.164. The maximum atomic E-state index is 12.9. The molecule has 3 aliphatic rings. The second-order valence-electron chi connectivity index (χ2n) is 11.4. The number of carbonyl (C=O) groups is 3. The fourth-order valence-corrected chi connectivity index (χ4v) is 6.06. The Kier molecular flexibility index (Phi) is 8.96. The molecule has 0 aromatic heterocycles. The third-order valence-corrected chi connectivity index (χ3v) is 8.29. The van der Waals surface area contributed by atoms with Gasteiger partial charge in [-0.15, -0.1) is 0 Å². The zero-order valence-corrected chi connectivity index (χ0v) is 24.9. The number of benzene rings is 3. The molecule has 0 bridgehead atoms. The van der Waals surface area contributed by atoms with Crippen molar-refractivity contribution in [2.24, 2.45) is 5.92 Å². The van der Waals surface area contributed by atoms with Gasteiger partial charge in [0, 0.05) is 10.4 Å². The van der Waals surface area contributed by atoms with Crippen LogP contribution < -0.4 is 29.4 Å². The summed E-state index contributed by atoms with van der Waals surface area (Å²) < 4.78 is 27.8. The van der Waals surface area contributed by atoms with Crippen LogP contribution >= 0.6 is 0 Å². The number of esters is 3. The van der Waals surface area contributed by atoms with Gasteiger partial charge in [0.2, 0.25) is 0 Å². The summed E-state index contributed by atoms with van der Waals surface area (Å²) in [6.07, 6.45) is 9.42. The maximum Gasteiger partial charge on any atom is 0.344 e. The van der Waals surface area contributed by atoms with Crippen LogP contribution in [0.5, 0.6) is 23.0 Å². The van der Waals surface area contributed by atoms with Gasteiger partial charge >= 0.3 is 17.9 Å². The summed E-state index contributed by atoms with van der Waals surface area (Å²) in [4.78, 5) is 38.0. The van der Waals surface area contributed by atoms with Crippen LogP contribution in [-0.2, 0) is 19.1 Å². The molecule has 1 fully saturated rings. The molecule has 228 valence electrons. The van der Waals surface area contributed by atoms with Crippen molar-refractivity contribution in [1.82, 2.24) is 0 Å². The summed E-state index contributed by atoms with van der Waals surface area (Å²) >= 11 is 0.